The van der Waals surface area contributed by atoms with Crippen LogP contribution in [-0.2, 0) is 9.53 Å². The molecule has 2 N–H and O–H groups in total. The molecular weight excluding hydrogens is 220 g/mol. The first-order valence-corrected chi connectivity index (χ1v) is 6.10. The predicted octanol–water partition coefficient (Wildman–Crippen LogP) is 1.98. The molecule has 0 atom stereocenters. The second-order valence-electron chi connectivity index (χ2n) is 5.10. The minimum atomic E-state index is -0.832. The Morgan fingerprint density at radius 2 is 2.06 bits per heavy atom. The molecule has 1 saturated carbocycles. The van der Waals surface area contributed by atoms with Crippen LogP contribution in [0.15, 0.2) is 12.2 Å². The molecule has 0 amide bonds. The molecule has 0 saturated heterocycles. The van der Waals surface area contributed by atoms with E-state index in [9.17, 15) is 9.90 Å². The van der Waals surface area contributed by atoms with Gasteiger partial charge in [0.2, 0.25) is 0 Å². The van der Waals surface area contributed by atoms with Crippen molar-refractivity contribution in [2.75, 3.05) is 13.2 Å². The van der Waals surface area contributed by atoms with Crippen LogP contribution >= 0.6 is 0 Å². The SMILES string of the molecule is C=C(C)CCOCC1(O)CCC(C(=O)O)CC1. The van der Waals surface area contributed by atoms with E-state index in [1.54, 1.807) is 0 Å². The monoisotopic (exact) mass is 242 g/mol. The fourth-order valence-corrected chi connectivity index (χ4v) is 2.05. The van der Waals surface area contributed by atoms with Gasteiger partial charge < -0.3 is 14.9 Å². The van der Waals surface area contributed by atoms with E-state index in [1.807, 2.05) is 6.92 Å². The van der Waals surface area contributed by atoms with E-state index in [2.05, 4.69) is 6.58 Å². The van der Waals surface area contributed by atoms with Crippen molar-refractivity contribution in [2.45, 2.75) is 44.6 Å². The minimum absolute atomic E-state index is 0.298. The molecule has 17 heavy (non-hydrogen) atoms. The van der Waals surface area contributed by atoms with Gasteiger partial charge >= 0.3 is 5.97 Å². The number of carboxylic acids is 1. The smallest absolute Gasteiger partial charge is 0.306 e. The van der Waals surface area contributed by atoms with Gasteiger partial charge in [0, 0.05) is 0 Å². The van der Waals surface area contributed by atoms with Crippen LogP contribution in [-0.4, -0.2) is 35.0 Å². The van der Waals surface area contributed by atoms with Crippen molar-refractivity contribution in [3.8, 4) is 0 Å². The number of carbonyl (C=O) groups is 1. The molecule has 1 fully saturated rings. The van der Waals surface area contributed by atoms with Crippen LogP contribution in [0.4, 0.5) is 0 Å². The van der Waals surface area contributed by atoms with Crippen molar-refractivity contribution in [3.05, 3.63) is 12.2 Å². The Morgan fingerprint density at radius 3 is 2.53 bits per heavy atom. The molecular formula is C13H22O4. The average molecular weight is 242 g/mol. The zero-order valence-corrected chi connectivity index (χ0v) is 10.4. The maximum Gasteiger partial charge on any atom is 0.306 e. The van der Waals surface area contributed by atoms with E-state index in [0.29, 0.717) is 38.9 Å². The fraction of sp³-hybridized carbons (Fsp3) is 0.769. The number of aliphatic hydroxyl groups is 1. The Morgan fingerprint density at radius 1 is 1.47 bits per heavy atom. The molecule has 0 aromatic carbocycles. The topological polar surface area (TPSA) is 66.8 Å². The van der Waals surface area contributed by atoms with Crippen molar-refractivity contribution in [1.29, 1.82) is 0 Å². The van der Waals surface area contributed by atoms with Crippen molar-refractivity contribution in [2.24, 2.45) is 5.92 Å². The average Bonchev–Trinajstić information content (AvgIpc) is 2.25. The van der Waals surface area contributed by atoms with Crippen LogP contribution in [0, 0.1) is 5.92 Å². The van der Waals surface area contributed by atoms with Crippen LogP contribution in [0.3, 0.4) is 0 Å². The second-order valence-corrected chi connectivity index (χ2v) is 5.10. The molecule has 0 heterocycles. The lowest BCUT2D eigenvalue weighted by Crippen LogP contribution is -2.40. The fourth-order valence-electron chi connectivity index (χ4n) is 2.05. The molecule has 0 unspecified atom stereocenters. The molecule has 1 rings (SSSR count). The van der Waals surface area contributed by atoms with E-state index < -0.39 is 11.6 Å². The van der Waals surface area contributed by atoms with Gasteiger partial charge in [0.25, 0.3) is 0 Å². The van der Waals surface area contributed by atoms with Crippen LogP contribution in [0.5, 0.6) is 0 Å². The molecule has 0 aliphatic heterocycles. The summed E-state index contributed by atoms with van der Waals surface area (Å²) in [6.45, 7) is 6.59. The van der Waals surface area contributed by atoms with Gasteiger partial charge in [-0.25, -0.2) is 0 Å². The molecule has 0 aromatic rings. The highest BCUT2D eigenvalue weighted by Crippen LogP contribution is 2.32. The van der Waals surface area contributed by atoms with Gasteiger partial charge in [-0.05, 0) is 39.0 Å². The first-order chi connectivity index (χ1) is 7.93. The van der Waals surface area contributed by atoms with Gasteiger partial charge in [0.15, 0.2) is 0 Å². The number of hydrogen-bond acceptors (Lipinski definition) is 3. The Kier molecular flexibility index (Phi) is 5.15. The Bertz CT molecular complexity index is 277. The maximum absolute atomic E-state index is 10.8. The van der Waals surface area contributed by atoms with Gasteiger partial charge in [-0.2, -0.15) is 0 Å². The Hall–Kier alpha value is -0.870. The summed E-state index contributed by atoms with van der Waals surface area (Å²) in [5.41, 5.74) is 0.229. The molecule has 4 heteroatoms. The highest BCUT2D eigenvalue weighted by Gasteiger charge is 2.35. The first-order valence-electron chi connectivity index (χ1n) is 6.10. The number of aliphatic carboxylic acids is 1. The third-order valence-electron chi connectivity index (χ3n) is 3.31. The van der Waals surface area contributed by atoms with Crippen LogP contribution in [0.25, 0.3) is 0 Å². The van der Waals surface area contributed by atoms with Gasteiger partial charge in [0.1, 0.15) is 0 Å². The van der Waals surface area contributed by atoms with E-state index in [4.69, 9.17) is 9.84 Å². The van der Waals surface area contributed by atoms with Crippen molar-refractivity contribution >= 4 is 5.97 Å². The van der Waals surface area contributed by atoms with Gasteiger partial charge in [-0.15, -0.1) is 6.58 Å². The molecule has 4 nitrogen and oxygen atoms in total. The summed E-state index contributed by atoms with van der Waals surface area (Å²) in [6.07, 6.45) is 2.90. The molecule has 0 aromatic heterocycles. The summed E-state index contributed by atoms with van der Waals surface area (Å²) < 4.78 is 5.42. The second kappa shape index (κ2) is 6.17. The number of ether oxygens (including phenoxy) is 1. The summed E-state index contributed by atoms with van der Waals surface area (Å²) in [4.78, 5) is 10.8. The lowest BCUT2D eigenvalue weighted by molar-refractivity contribution is -0.146. The maximum atomic E-state index is 10.8. The Balaban J connectivity index is 2.25. The quantitative estimate of drug-likeness (QED) is 0.552. The summed E-state index contributed by atoms with van der Waals surface area (Å²) in [5, 5.41) is 19.1. The highest BCUT2D eigenvalue weighted by atomic mass is 16.5. The molecule has 0 radical (unpaired) electrons. The van der Waals surface area contributed by atoms with E-state index >= 15 is 0 Å². The van der Waals surface area contributed by atoms with Crippen molar-refractivity contribution in [3.63, 3.8) is 0 Å². The predicted molar refractivity (Wildman–Crippen MR) is 64.8 cm³/mol. The first kappa shape index (κ1) is 14.2. The van der Waals surface area contributed by atoms with Gasteiger partial charge in [0.05, 0.1) is 24.7 Å². The number of carboxylic acid groups (broad SMARTS) is 1. The zero-order chi connectivity index (χ0) is 12.9. The van der Waals surface area contributed by atoms with E-state index in [1.165, 1.54) is 0 Å². The van der Waals surface area contributed by atoms with Gasteiger partial charge in [-0.1, -0.05) is 5.57 Å². The van der Waals surface area contributed by atoms with E-state index in [-0.39, 0.29) is 5.92 Å². The standard InChI is InChI=1S/C13H22O4/c1-10(2)5-8-17-9-13(16)6-3-11(4-7-13)12(14)15/h11,16H,1,3-9H2,2H3,(H,14,15). The number of hydrogen-bond donors (Lipinski definition) is 2. The normalized spacial score (nSPS) is 28.9. The summed E-state index contributed by atoms with van der Waals surface area (Å²) in [7, 11) is 0. The van der Waals surface area contributed by atoms with Gasteiger partial charge in [-0.3, -0.25) is 4.79 Å². The minimum Gasteiger partial charge on any atom is -0.481 e. The highest BCUT2D eigenvalue weighted by molar-refractivity contribution is 5.70. The third-order valence-corrected chi connectivity index (χ3v) is 3.31. The third kappa shape index (κ3) is 4.88. The number of rotatable bonds is 6. The van der Waals surface area contributed by atoms with Crippen LogP contribution < -0.4 is 0 Å². The van der Waals surface area contributed by atoms with Crippen LogP contribution in [0.1, 0.15) is 39.0 Å². The lowest BCUT2D eigenvalue weighted by Gasteiger charge is -2.34. The molecule has 0 bridgehead atoms. The van der Waals surface area contributed by atoms with E-state index in [0.717, 1.165) is 12.0 Å². The summed E-state index contributed by atoms with van der Waals surface area (Å²) in [6, 6.07) is 0. The molecule has 1 aliphatic carbocycles. The Labute approximate surface area is 102 Å². The van der Waals surface area contributed by atoms with Crippen LogP contribution in [0.2, 0.25) is 0 Å². The molecule has 98 valence electrons. The summed E-state index contributed by atoms with van der Waals surface area (Å²) in [5.74, 6) is -1.05. The van der Waals surface area contributed by atoms with Crippen molar-refractivity contribution in [1.82, 2.24) is 0 Å². The zero-order valence-electron chi connectivity index (χ0n) is 10.4. The lowest BCUT2D eigenvalue weighted by atomic mass is 9.79. The molecule has 1 aliphatic rings. The molecule has 0 spiro atoms. The largest absolute Gasteiger partial charge is 0.481 e. The van der Waals surface area contributed by atoms with Crippen molar-refractivity contribution < 1.29 is 19.7 Å². The summed E-state index contributed by atoms with van der Waals surface area (Å²) >= 11 is 0.